The zero-order valence-electron chi connectivity index (χ0n) is 14.7. The molecule has 140 valence electrons. The molecule has 0 radical (unpaired) electrons. The Hall–Kier alpha value is -2.09. The van der Waals surface area contributed by atoms with Crippen LogP contribution in [0.2, 0.25) is 5.02 Å². The largest absolute Gasteiger partial charge is 0.383 e. The summed E-state index contributed by atoms with van der Waals surface area (Å²) in [5.74, 6) is 0.593. The van der Waals surface area contributed by atoms with Crippen LogP contribution in [0.4, 0.5) is 5.82 Å². The number of carbonyl (C=O) groups excluding carboxylic acids is 1. The summed E-state index contributed by atoms with van der Waals surface area (Å²) < 4.78 is 0. The maximum atomic E-state index is 12.0. The van der Waals surface area contributed by atoms with Crippen molar-refractivity contribution in [3.63, 3.8) is 0 Å². The van der Waals surface area contributed by atoms with Gasteiger partial charge in [-0.3, -0.25) is 4.79 Å². The Morgan fingerprint density at radius 3 is 2.70 bits per heavy atom. The van der Waals surface area contributed by atoms with Crippen LogP contribution in [0, 0.1) is 0 Å². The SMILES string of the molecule is CCc1nc(SCC(=O)NCc2cccs2)nc(N)c1-c1ccc(Cl)cc1. The minimum Gasteiger partial charge on any atom is -0.383 e. The first kappa shape index (κ1) is 19.7. The number of carbonyl (C=O) groups is 1. The number of nitrogens with one attached hydrogen (secondary N) is 1. The minimum absolute atomic E-state index is 0.0598. The molecule has 8 heteroatoms. The number of hydrogen-bond donors (Lipinski definition) is 2. The third-order valence-corrected chi connectivity index (χ3v) is 5.81. The minimum atomic E-state index is -0.0598. The van der Waals surface area contributed by atoms with Crippen LogP contribution in [0.5, 0.6) is 0 Å². The fourth-order valence-corrected chi connectivity index (χ4v) is 4.01. The monoisotopic (exact) mass is 418 g/mol. The van der Waals surface area contributed by atoms with E-state index in [-0.39, 0.29) is 11.7 Å². The number of nitrogen functional groups attached to an aromatic ring is 1. The van der Waals surface area contributed by atoms with Gasteiger partial charge in [0, 0.05) is 15.5 Å². The average molecular weight is 419 g/mol. The Labute approximate surface area is 171 Å². The molecular weight excluding hydrogens is 400 g/mol. The van der Waals surface area contributed by atoms with Crippen molar-refractivity contribution in [2.24, 2.45) is 0 Å². The molecule has 3 N–H and O–H groups in total. The van der Waals surface area contributed by atoms with Crippen LogP contribution in [0.15, 0.2) is 46.9 Å². The molecular formula is C19H19ClN4OS2. The Bertz CT molecular complexity index is 914. The van der Waals surface area contributed by atoms with Crippen LogP contribution >= 0.6 is 34.7 Å². The number of benzene rings is 1. The molecule has 0 unspecified atom stereocenters. The van der Waals surface area contributed by atoms with Crippen molar-refractivity contribution in [3.8, 4) is 11.1 Å². The van der Waals surface area contributed by atoms with Gasteiger partial charge in [-0.25, -0.2) is 9.97 Å². The number of nitrogens with two attached hydrogens (primary N) is 1. The number of rotatable bonds is 7. The summed E-state index contributed by atoms with van der Waals surface area (Å²) in [5, 5.41) is 6.05. The maximum Gasteiger partial charge on any atom is 0.230 e. The van der Waals surface area contributed by atoms with E-state index in [0.717, 1.165) is 21.7 Å². The van der Waals surface area contributed by atoms with Crippen molar-refractivity contribution >= 4 is 46.4 Å². The number of thiophene rings is 1. The molecule has 2 heterocycles. The van der Waals surface area contributed by atoms with E-state index in [2.05, 4.69) is 15.3 Å². The normalized spacial score (nSPS) is 10.7. The van der Waals surface area contributed by atoms with E-state index in [1.54, 1.807) is 11.3 Å². The number of hydrogen-bond acceptors (Lipinski definition) is 6. The molecule has 0 aliphatic rings. The molecule has 0 saturated heterocycles. The summed E-state index contributed by atoms with van der Waals surface area (Å²) in [4.78, 5) is 22.1. The molecule has 0 aliphatic carbocycles. The van der Waals surface area contributed by atoms with Crippen LogP contribution in [-0.4, -0.2) is 21.6 Å². The summed E-state index contributed by atoms with van der Waals surface area (Å²) in [6.07, 6.45) is 0.711. The van der Waals surface area contributed by atoms with Gasteiger partial charge >= 0.3 is 0 Å². The third kappa shape index (κ3) is 5.22. The zero-order valence-corrected chi connectivity index (χ0v) is 17.1. The number of aryl methyl sites for hydroxylation is 1. The van der Waals surface area contributed by atoms with Crippen molar-refractivity contribution in [1.82, 2.24) is 15.3 Å². The van der Waals surface area contributed by atoms with Crippen LogP contribution in [-0.2, 0) is 17.8 Å². The second-order valence-corrected chi connectivity index (χ2v) is 8.13. The van der Waals surface area contributed by atoms with Crippen molar-refractivity contribution in [3.05, 3.63) is 57.4 Å². The summed E-state index contributed by atoms with van der Waals surface area (Å²) in [5.41, 5.74) is 8.80. The van der Waals surface area contributed by atoms with E-state index in [9.17, 15) is 4.79 Å². The maximum absolute atomic E-state index is 12.0. The highest BCUT2D eigenvalue weighted by Crippen LogP contribution is 2.31. The zero-order chi connectivity index (χ0) is 19.2. The third-order valence-electron chi connectivity index (χ3n) is 3.83. The highest BCUT2D eigenvalue weighted by Gasteiger charge is 2.14. The second kappa shape index (κ2) is 9.21. The lowest BCUT2D eigenvalue weighted by Gasteiger charge is -2.12. The number of aromatic nitrogens is 2. The van der Waals surface area contributed by atoms with Gasteiger partial charge in [-0.05, 0) is 35.6 Å². The fourth-order valence-electron chi connectivity index (χ4n) is 2.53. The highest BCUT2D eigenvalue weighted by atomic mass is 35.5. The predicted molar refractivity (Wildman–Crippen MR) is 113 cm³/mol. The lowest BCUT2D eigenvalue weighted by Crippen LogP contribution is -2.24. The molecule has 3 rings (SSSR count). The van der Waals surface area contributed by atoms with Crippen LogP contribution < -0.4 is 11.1 Å². The predicted octanol–water partition coefficient (Wildman–Crippen LogP) is 4.41. The summed E-state index contributed by atoms with van der Waals surface area (Å²) in [6.45, 7) is 2.55. The first-order valence-corrected chi connectivity index (χ1v) is 10.7. The highest BCUT2D eigenvalue weighted by molar-refractivity contribution is 7.99. The van der Waals surface area contributed by atoms with E-state index in [1.165, 1.54) is 11.8 Å². The molecule has 0 fully saturated rings. The molecule has 5 nitrogen and oxygen atoms in total. The number of anilines is 1. The van der Waals surface area contributed by atoms with Crippen LogP contribution in [0.1, 0.15) is 17.5 Å². The molecule has 1 amide bonds. The van der Waals surface area contributed by atoms with E-state index in [0.29, 0.717) is 29.0 Å². The summed E-state index contributed by atoms with van der Waals surface area (Å²) >= 11 is 8.86. The smallest absolute Gasteiger partial charge is 0.230 e. The molecule has 0 aliphatic heterocycles. The van der Waals surface area contributed by atoms with Crippen molar-refractivity contribution < 1.29 is 4.79 Å². The van der Waals surface area contributed by atoms with Gasteiger partial charge in [0.25, 0.3) is 0 Å². The van der Waals surface area contributed by atoms with Gasteiger partial charge in [-0.2, -0.15) is 0 Å². The second-order valence-electron chi connectivity index (χ2n) is 5.72. The Kier molecular flexibility index (Phi) is 6.71. The number of amides is 1. The summed E-state index contributed by atoms with van der Waals surface area (Å²) in [7, 11) is 0. The first-order valence-electron chi connectivity index (χ1n) is 8.41. The topological polar surface area (TPSA) is 80.9 Å². The van der Waals surface area contributed by atoms with Gasteiger partial charge < -0.3 is 11.1 Å². The average Bonchev–Trinajstić information content (AvgIpc) is 3.19. The number of nitrogens with zero attached hydrogens (tertiary/aromatic N) is 2. The molecule has 0 saturated carbocycles. The Balaban J connectivity index is 1.68. The summed E-state index contributed by atoms with van der Waals surface area (Å²) in [6, 6.07) is 11.4. The lowest BCUT2D eigenvalue weighted by atomic mass is 10.0. The first-order chi connectivity index (χ1) is 13.1. The van der Waals surface area contributed by atoms with Gasteiger partial charge in [0.2, 0.25) is 5.91 Å². The molecule has 2 aromatic heterocycles. The lowest BCUT2D eigenvalue weighted by molar-refractivity contribution is -0.118. The van der Waals surface area contributed by atoms with Crippen LogP contribution in [0.3, 0.4) is 0 Å². The van der Waals surface area contributed by atoms with E-state index >= 15 is 0 Å². The number of thioether (sulfide) groups is 1. The van der Waals surface area contributed by atoms with Crippen LogP contribution in [0.25, 0.3) is 11.1 Å². The molecule has 0 spiro atoms. The molecule has 3 aromatic rings. The van der Waals surface area contributed by atoms with E-state index in [1.807, 2.05) is 48.7 Å². The fraction of sp³-hybridized carbons (Fsp3) is 0.211. The van der Waals surface area contributed by atoms with Crippen molar-refractivity contribution in [2.75, 3.05) is 11.5 Å². The van der Waals surface area contributed by atoms with E-state index < -0.39 is 0 Å². The Morgan fingerprint density at radius 2 is 2.04 bits per heavy atom. The van der Waals surface area contributed by atoms with E-state index in [4.69, 9.17) is 17.3 Å². The standard InChI is InChI=1S/C19H19ClN4OS2/c1-2-15-17(12-5-7-13(20)8-6-12)18(21)24-19(23-15)27-11-16(25)22-10-14-4-3-9-26-14/h3-9H,2,10-11H2,1H3,(H,22,25)(H2,21,23,24). The number of halogens is 1. The van der Waals surface area contributed by atoms with Gasteiger partial charge in [-0.15, -0.1) is 11.3 Å². The van der Waals surface area contributed by atoms with Gasteiger partial charge in [0.1, 0.15) is 5.82 Å². The molecule has 27 heavy (non-hydrogen) atoms. The van der Waals surface area contributed by atoms with Gasteiger partial charge in [0.05, 0.1) is 18.0 Å². The molecule has 0 bridgehead atoms. The quantitative estimate of drug-likeness (QED) is 0.438. The molecule has 0 atom stereocenters. The van der Waals surface area contributed by atoms with Crippen molar-refractivity contribution in [1.29, 1.82) is 0 Å². The van der Waals surface area contributed by atoms with Gasteiger partial charge in [0.15, 0.2) is 5.16 Å². The van der Waals surface area contributed by atoms with Gasteiger partial charge in [-0.1, -0.05) is 48.5 Å². The Morgan fingerprint density at radius 1 is 1.26 bits per heavy atom. The molecule has 1 aromatic carbocycles. The van der Waals surface area contributed by atoms with Crippen molar-refractivity contribution in [2.45, 2.75) is 25.0 Å².